The minimum absolute atomic E-state index is 0.222. The van der Waals surface area contributed by atoms with Crippen molar-refractivity contribution in [3.05, 3.63) is 39.4 Å². The van der Waals surface area contributed by atoms with Crippen molar-refractivity contribution >= 4 is 34.3 Å². The van der Waals surface area contributed by atoms with Crippen LogP contribution in [0, 0.1) is 17.5 Å². The van der Waals surface area contributed by atoms with Crippen LogP contribution in [0.2, 0.25) is 0 Å². The average molecular weight is 384 g/mol. The number of nitrogens with zero attached hydrogens (tertiary/aromatic N) is 2. The number of pyridine rings is 1. The van der Waals surface area contributed by atoms with Crippen molar-refractivity contribution in [2.45, 2.75) is 18.9 Å². The minimum atomic E-state index is -1.55. The van der Waals surface area contributed by atoms with Gasteiger partial charge in [0.2, 0.25) is 5.43 Å². The Labute approximate surface area is 150 Å². The van der Waals surface area contributed by atoms with Crippen LogP contribution in [0.3, 0.4) is 0 Å². The molecule has 2 heterocycles. The highest BCUT2D eigenvalue weighted by Gasteiger charge is 2.33. The Morgan fingerprint density at radius 1 is 1.12 bits per heavy atom. The highest BCUT2D eigenvalue weighted by atomic mass is 32.2. The van der Waals surface area contributed by atoms with E-state index in [0.29, 0.717) is 37.4 Å². The molecule has 2 fully saturated rings. The first-order valence-corrected chi connectivity index (χ1v) is 9.38. The molecule has 1 aromatic carbocycles. The van der Waals surface area contributed by atoms with Gasteiger partial charge in [0.25, 0.3) is 0 Å². The van der Waals surface area contributed by atoms with E-state index in [4.69, 9.17) is 0 Å². The Morgan fingerprint density at radius 2 is 1.77 bits per heavy atom. The number of fused-ring (bicyclic) bond motifs is 1. The van der Waals surface area contributed by atoms with E-state index in [1.165, 1.54) is 9.47 Å². The molecule has 2 aromatic rings. The number of carboxylic acid groups (broad SMARTS) is 1. The zero-order valence-corrected chi connectivity index (χ0v) is 14.4. The van der Waals surface area contributed by atoms with E-state index < -0.39 is 45.5 Å². The van der Waals surface area contributed by atoms with Gasteiger partial charge in [-0.25, -0.2) is 18.0 Å². The summed E-state index contributed by atoms with van der Waals surface area (Å²) in [6.07, 6.45) is 2.36. The summed E-state index contributed by atoms with van der Waals surface area (Å²) in [6, 6.07) is -0.222. The normalized spacial score (nSPS) is 17.7. The molecular weight excluding hydrogens is 369 g/mol. The number of carboxylic acids is 1. The number of aromatic nitrogens is 1. The molecule has 0 unspecified atom stereocenters. The summed E-state index contributed by atoms with van der Waals surface area (Å²) in [7, 11) is 0. The number of hydrogen-bond acceptors (Lipinski definition) is 4. The van der Waals surface area contributed by atoms with Gasteiger partial charge < -0.3 is 14.6 Å². The van der Waals surface area contributed by atoms with Crippen molar-refractivity contribution in [1.29, 1.82) is 0 Å². The van der Waals surface area contributed by atoms with E-state index in [-0.39, 0.29) is 11.6 Å². The molecule has 2 aliphatic rings. The lowest BCUT2D eigenvalue weighted by Crippen LogP contribution is -2.34. The molecule has 1 saturated carbocycles. The van der Waals surface area contributed by atoms with Crippen LogP contribution in [0.15, 0.2) is 11.0 Å². The first-order valence-electron chi connectivity index (χ1n) is 8.23. The molecule has 9 heteroatoms. The fourth-order valence-electron chi connectivity index (χ4n) is 3.34. The molecule has 1 aliphatic heterocycles. The van der Waals surface area contributed by atoms with Crippen molar-refractivity contribution in [3.8, 4) is 0 Å². The third kappa shape index (κ3) is 2.56. The maximum Gasteiger partial charge on any atom is 0.341 e. The third-order valence-electron chi connectivity index (χ3n) is 4.77. The highest BCUT2D eigenvalue weighted by Crippen LogP contribution is 2.40. The van der Waals surface area contributed by atoms with Gasteiger partial charge in [-0.1, -0.05) is 0 Å². The van der Waals surface area contributed by atoms with Crippen LogP contribution < -0.4 is 10.3 Å². The van der Waals surface area contributed by atoms with E-state index in [1.54, 1.807) is 11.8 Å². The van der Waals surface area contributed by atoms with Gasteiger partial charge in [-0.3, -0.25) is 4.79 Å². The van der Waals surface area contributed by atoms with Crippen molar-refractivity contribution in [2.75, 3.05) is 29.5 Å². The van der Waals surface area contributed by atoms with Gasteiger partial charge in [0.05, 0.1) is 10.9 Å². The van der Waals surface area contributed by atoms with Crippen LogP contribution in [0.5, 0.6) is 0 Å². The number of benzene rings is 1. The van der Waals surface area contributed by atoms with Gasteiger partial charge in [0.1, 0.15) is 11.3 Å². The molecule has 0 bridgehead atoms. The first kappa shape index (κ1) is 17.3. The van der Waals surface area contributed by atoms with Crippen LogP contribution in [0.25, 0.3) is 10.9 Å². The fraction of sp³-hybridized carbons (Fsp3) is 0.412. The van der Waals surface area contributed by atoms with E-state index in [9.17, 15) is 23.5 Å². The third-order valence-corrected chi connectivity index (χ3v) is 5.71. The Hall–Kier alpha value is -2.16. The monoisotopic (exact) mass is 384 g/mol. The van der Waals surface area contributed by atoms with Gasteiger partial charge in [-0.2, -0.15) is 11.8 Å². The second kappa shape index (κ2) is 6.22. The molecule has 1 aliphatic carbocycles. The zero-order chi connectivity index (χ0) is 18.6. The SMILES string of the molecule is O=C(O)c1cn(C2CC2)c2c(F)c(N3CCSCC3)c(F)c(F)c2c1=O. The van der Waals surface area contributed by atoms with Crippen LogP contribution in [-0.2, 0) is 0 Å². The molecule has 4 rings (SSSR count). The number of carbonyl (C=O) groups is 1. The zero-order valence-electron chi connectivity index (χ0n) is 13.6. The molecule has 0 atom stereocenters. The molecule has 1 aromatic heterocycles. The number of anilines is 1. The van der Waals surface area contributed by atoms with Crippen LogP contribution in [-0.4, -0.2) is 40.2 Å². The predicted molar refractivity (Wildman–Crippen MR) is 92.9 cm³/mol. The number of rotatable bonds is 3. The Balaban J connectivity index is 2.09. The molecule has 0 spiro atoms. The van der Waals surface area contributed by atoms with Gasteiger partial charge in [0.15, 0.2) is 17.5 Å². The number of aromatic carboxylic acids is 1. The van der Waals surface area contributed by atoms with Gasteiger partial charge in [-0.15, -0.1) is 0 Å². The maximum atomic E-state index is 15.3. The van der Waals surface area contributed by atoms with E-state index in [0.717, 1.165) is 6.20 Å². The highest BCUT2D eigenvalue weighted by molar-refractivity contribution is 7.99. The summed E-state index contributed by atoms with van der Waals surface area (Å²) >= 11 is 1.64. The van der Waals surface area contributed by atoms with E-state index in [2.05, 4.69) is 0 Å². The summed E-state index contributed by atoms with van der Waals surface area (Å²) in [5.41, 5.74) is -2.73. The topological polar surface area (TPSA) is 62.5 Å². The summed E-state index contributed by atoms with van der Waals surface area (Å²) in [5, 5.41) is 8.37. The largest absolute Gasteiger partial charge is 0.477 e. The minimum Gasteiger partial charge on any atom is -0.477 e. The maximum absolute atomic E-state index is 15.3. The molecular formula is C17H15F3N2O3S. The number of hydrogen-bond donors (Lipinski definition) is 1. The second-order valence-corrected chi connectivity index (χ2v) is 7.65. The Kier molecular flexibility index (Phi) is 4.13. The molecule has 1 N–H and O–H groups in total. The van der Waals surface area contributed by atoms with Gasteiger partial charge in [-0.05, 0) is 12.8 Å². The van der Waals surface area contributed by atoms with E-state index >= 15 is 4.39 Å². The smallest absolute Gasteiger partial charge is 0.341 e. The first-order chi connectivity index (χ1) is 12.4. The van der Waals surface area contributed by atoms with E-state index in [1.807, 2.05) is 0 Å². The van der Waals surface area contributed by atoms with Gasteiger partial charge in [0, 0.05) is 36.8 Å². The van der Waals surface area contributed by atoms with Crippen molar-refractivity contribution in [3.63, 3.8) is 0 Å². The summed E-state index contributed by atoms with van der Waals surface area (Å²) in [5.74, 6) is -4.17. The number of thioether (sulfide) groups is 1. The molecule has 0 amide bonds. The lowest BCUT2D eigenvalue weighted by atomic mass is 10.1. The Morgan fingerprint density at radius 3 is 2.35 bits per heavy atom. The fourth-order valence-corrected chi connectivity index (χ4v) is 4.24. The molecule has 5 nitrogen and oxygen atoms in total. The molecule has 26 heavy (non-hydrogen) atoms. The standard InChI is InChI=1S/C17H15F3N2O3S/c18-11-10-14(13(20)15(12(11)19)21-3-5-26-6-4-21)22(8-1-2-8)7-9(16(10)23)17(24)25/h7-8H,1-6H2,(H,24,25). The van der Waals surface area contributed by atoms with Crippen LogP contribution >= 0.6 is 11.8 Å². The second-order valence-electron chi connectivity index (χ2n) is 6.43. The van der Waals surface area contributed by atoms with Crippen LogP contribution in [0.4, 0.5) is 18.9 Å². The molecule has 1 saturated heterocycles. The Bertz CT molecular complexity index is 982. The molecule has 0 radical (unpaired) electrons. The molecule has 138 valence electrons. The summed E-state index contributed by atoms with van der Waals surface area (Å²) < 4.78 is 46.0. The number of halogens is 3. The lowest BCUT2D eigenvalue weighted by Gasteiger charge is -2.30. The lowest BCUT2D eigenvalue weighted by molar-refractivity contribution is 0.0695. The van der Waals surface area contributed by atoms with Crippen molar-refractivity contribution in [2.24, 2.45) is 0 Å². The summed E-state index contributed by atoms with van der Waals surface area (Å²) in [6.45, 7) is 0.731. The van der Waals surface area contributed by atoms with Crippen molar-refractivity contribution < 1.29 is 23.1 Å². The van der Waals surface area contributed by atoms with Crippen molar-refractivity contribution in [1.82, 2.24) is 4.57 Å². The van der Waals surface area contributed by atoms with Gasteiger partial charge >= 0.3 is 5.97 Å². The summed E-state index contributed by atoms with van der Waals surface area (Å²) in [4.78, 5) is 25.2. The van der Waals surface area contributed by atoms with Crippen LogP contribution in [0.1, 0.15) is 29.2 Å². The predicted octanol–water partition coefficient (Wildman–Crippen LogP) is 3.01. The quantitative estimate of drug-likeness (QED) is 0.825. The average Bonchev–Trinajstić information content (AvgIpc) is 3.45.